The molecule has 3 N–H and O–H groups in total. The molecule has 1 fully saturated rings. The fourth-order valence-corrected chi connectivity index (χ4v) is 5.19. The maximum absolute atomic E-state index is 14.9. The molecule has 0 amide bonds. The zero-order chi connectivity index (χ0) is 26.8. The summed E-state index contributed by atoms with van der Waals surface area (Å²) in [6.07, 6.45) is 3.86. The maximum atomic E-state index is 14.9. The normalized spacial score (nSPS) is 17.1. The number of alkyl halides is 1. The number of nitriles is 2. The lowest BCUT2D eigenvalue weighted by Crippen LogP contribution is -2.16. The Morgan fingerprint density at radius 3 is 2.42 bits per heavy atom. The predicted molar refractivity (Wildman–Crippen MR) is 144 cm³/mol. The summed E-state index contributed by atoms with van der Waals surface area (Å²) in [7, 11) is 0. The first-order chi connectivity index (χ1) is 18.4. The van der Waals surface area contributed by atoms with E-state index in [2.05, 4.69) is 23.0 Å². The number of hydrogen-bond acceptors (Lipinski definition) is 5. The van der Waals surface area contributed by atoms with Gasteiger partial charge in [0, 0.05) is 22.2 Å². The van der Waals surface area contributed by atoms with Crippen LogP contribution in [0.15, 0.2) is 60.7 Å². The molecule has 5 rings (SSSR count). The van der Waals surface area contributed by atoms with Gasteiger partial charge in [-0.25, -0.2) is 14.6 Å². The molecule has 188 valence electrons. The number of aliphatic carboxylic acids is 1. The zero-order valence-corrected chi connectivity index (χ0v) is 20.9. The van der Waals surface area contributed by atoms with Gasteiger partial charge >= 0.3 is 5.97 Å². The number of fused-ring (bicyclic) bond motifs is 1. The van der Waals surface area contributed by atoms with Crippen molar-refractivity contribution in [1.29, 1.82) is 10.5 Å². The molecular formula is C30H22ClFN4O2. The van der Waals surface area contributed by atoms with Gasteiger partial charge in [0.05, 0.1) is 22.9 Å². The third-order valence-electron chi connectivity index (χ3n) is 7.01. The highest BCUT2D eigenvalue weighted by atomic mass is 35.5. The minimum Gasteiger partial charge on any atom is -0.478 e. The Kier molecular flexibility index (Phi) is 6.98. The van der Waals surface area contributed by atoms with Gasteiger partial charge in [-0.1, -0.05) is 54.4 Å². The largest absolute Gasteiger partial charge is 0.478 e. The number of benzene rings is 3. The van der Waals surface area contributed by atoms with Gasteiger partial charge in [-0.3, -0.25) is 0 Å². The molecule has 1 aliphatic heterocycles. The number of allylic oxidation sites excluding steroid dienone is 1. The lowest BCUT2D eigenvalue weighted by atomic mass is 9.71. The van der Waals surface area contributed by atoms with Gasteiger partial charge in [-0.05, 0) is 70.9 Å². The predicted octanol–water partition coefficient (Wildman–Crippen LogP) is 6.84. The van der Waals surface area contributed by atoms with Crippen molar-refractivity contribution in [1.82, 2.24) is 5.43 Å². The van der Waals surface area contributed by atoms with Crippen LogP contribution >= 0.6 is 11.6 Å². The van der Waals surface area contributed by atoms with Crippen LogP contribution in [0.2, 0.25) is 5.02 Å². The smallest absolute Gasteiger partial charge is 0.328 e. The van der Waals surface area contributed by atoms with Crippen molar-refractivity contribution >= 4 is 40.5 Å². The number of nitrogens with one attached hydrogen (secondary N) is 2. The van der Waals surface area contributed by atoms with E-state index >= 15 is 0 Å². The van der Waals surface area contributed by atoms with Crippen molar-refractivity contribution in [2.45, 2.75) is 25.6 Å². The molecule has 1 unspecified atom stereocenters. The molecule has 1 heterocycles. The molecule has 8 heteroatoms. The van der Waals surface area contributed by atoms with Gasteiger partial charge < -0.3 is 10.5 Å². The number of carboxylic acid groups (broad SMARTS) is 1. The van der Waals surface area contributed by atoms with Crippen molar-refractivity contribution in [3.8, 4) is 12.1 Å². The van der Waals surface area contributed by atoms with Crippen LogP contribution in [0.5, 0.6) is 0 Å². The number of nitrogens with zero attached hydrogens (tertiary/aromatic N) is 2. The minimum atomic E-state index is -1.55. The average Bonchev–Trinajstić information content (AvgIpc) is 3.27. The molecule has 3 aromatic carbocycles. The van der Waals surface area contributed by atoms with Crippen LogP contribution < -0.4 is 10.9 Å². The van der Waals surface area contributed by atoms with Crippen molar-refractivity contribution < 1.29 is 14.3 Å². The standard InChI is InChI=1S/C30H22ClFN4O2/c31-21-9-10-22(20(14-21)15-33)27(18-2-1-3-18)28(19-7-4-17(5-8-19)6-13-26(37)38)23-11-12-25-29(24(23)16-34)30(32)36-35-25/h4-14,18,30,35-36H,1-3H2,(H,37,38)/b13-6+,28-27+. The first kappa shape index (κ1) is 25.2. The van der Waals surface area contributed by atoms with Crippen molar-refractivity contribution in [2.75, 3.05) is 5.43 Å². The molecule has 2 aliphatic rings. The molecule has 6 nitrogen and oxygen atoms in total. The number of hydrogen-bond donors (Lipinski definition) is 3. The Balaban J connectivity index is 1.83. The third-order valence-corrected chi connectivity index (χ3v) is 7.24. The highest BCUT2D eigenvalue weighted by Crippen LogP contribution is 2.48. The highest BCUT2D eigenvalue weighted by molar-refractivity contribution is 6.30. The highest BCUT2D eigenvalue weighted by Gasteiger charge is 2.32. The van der Waals surface area contributed by atoms with Crippen LogP contribution in [0.25, 0.3) is 17.2 Å². The summed E-state index contributed by atoms with van der Waals surface area (Å²) >= 11 is 6.22. The van der Waals surface area contributed by atoms with Crippen LogP contribution in [-0.2, 0) is 4.79 Å². The SMILES string of the molecule is N#Cc1cc(Cl)ccc1/C(=C(\c1ccc(/C=C/C(=O)O)cc1)c1ccc2c(c1C#N)C(F)NN2)C1CCC1. The van der Waals surface area contributed by atoms with Crippen LogP contribution in [0.1, 0.15) is 64.5 Å². The third kappa shape index (κ3) is 4.66. The van der Waals surface area contributed by atoms with E-state index in [1.54, 1.807) is 36.4 Å². The van der Waals surface area contributed by atoms with E-state index < -0.39 is 12.3 Å². The quantitative estimate of drug-likeness (QED) is 0.185. The lowest BCUT2D eigenvalue weighted by molar-refractivity contribution is -0.131. The summed E-state index contributed by atoms with van der Waals surface area (Å²) in [4.78, 5) is 11.0. The monoisotopic (exact) mass is 524 g/mol. The Morgan fingerprint density at radius 2 is 1.79 bits per heavy atom. The second-order valence-corrected chi connectivity index (χ2v) is 9.64. The van der Waals surface area contributed by atoms with Crippen LogP contribution in [-0.4, -0.2) is 11.1 Å². The molecular weight excluding hydrogens is 503 g/mol. The number of rotatable bonds is 6. The summed E-state index contributed by atoms with van der Waals surface area (Å²) in [5.41, 5.74) is 11.1. The molecule has 0 radical (unpaired) electrons. The van der Waals surface area contributed by atoms with E-state index in [0.717, 1.165) is 47.6 Å². The summed E-state index contributed by atoms with van der Waals surface area (Å²) in [5.74, 6) is -0.921. The fraction of sp³-hybridized carbons (Fsp3) is 0.167. The van der Waals surface area contributed by atoms with E-state index in [0.29, 0.717) is 27.4 Å². The second kappa shape index (κ2) is 10.5. The number of halogens is 2. The Bertz CT molecular complexity index is 1580. The van der Waals surface area contributed by atoms with Gasteiger partial charge in [0.2, 0.25) is 0 Å². The Morgan fingerprint density at radius 1 is 1.05 bits per heavy atom. The van der Waals surface area contributed by atoms with E-state index in [1.165, 1.54) is 6.08 Å². The Labute approximate surface area is 224 Å². The van der Waals surface area contributed by atoms with Gasteiger partial charge in [0.1, 0.15) is 6.07 Å². The van der Waals surface area contributed by atoms with Gasteiger partial charge in [0.15, 0.2) is 6.30 Å². The van der Waals surface area contributed by atoms with Crippen LogP contribution in [0, 0.1) is 28.6 Å². The molecule has 0 spiro atoms. The van der Waals surface area contributed by atoms with Crippen LogP contribution in [0.3, 0.4) is 0 Å². The van der Waals surface area contributed by atoms with Crippen molar-refractivity contribution in [3.05, 3.63) is 105 Å². The molecule has 1 saturated carbocycles. The summed E-state index contributed by atoms with van der Waals surface area (Å²) in [5, 5.41) is 29.6. The number of hydrazine groups is 1. The Hall–Kier alpha value is -4.43. The molecule has 38 heavy (non-hydrogen) atoms. The lowest BCUT2D eigenvalue weighted by Gasteiger charge is -2.32. The summed E-state index contributed by atoms with van der Waals surface area (Å²) < 4.78 is 14.9. The number of carboxylic acids is 1. The van der Waals surface area contributed by atoms with Crippen LogP contribution in [0.4, 0.5) is 10.1 Å². The molecule has 0 aromatic heterocycles. The minimum absolute atomic E-state index is 0.127. The second-order valence-electron chi connectivity index (χ2n) is 9.20. The zero-order valence-electron chi connectivity index (χ0n) is 20.1. The van der Waals surface area contributed by atoms with Crippen molar-refractivity contribution in [2.24, 2.45) is 5.92 Å². The van der Waals surface area contributed by atoms with Gasteiger partial charge in [-0.15, -0.1) is 0 Å². The molecule has 3 aromatic rings. The number of carbonyl (C=O) groups is 1. The molecule has 0 saturated heterocycles. The molecule has 1 aliphatic carbocycles. The van der Waals surface area contributed by atoms with E-state index in [-0.39, 0.29) is 17.0 Å². The summed E-state index contributed by atoms with van der Waals surface area (Å²) in [6.45, 7) is 0. The summed E-state index contributed by atoms with van der Waals surface area (Å²) in [6, 6.07) is 20.5. The topological polar surface area (TPSA) is 109 Å². The van der Waals surface area contributed by atoms with Gasteiger partial charge in [-0.2, -0.15) is 10.5 Å². The first-order valence-electron chi connectivity index (χ1n) is 12.1. The molecule has 1 atom stereocenters. The van der Waals surface area contributed by atoms with E-state index in [4.69, 9.17) is 16.7 Å². The fourth-order valence-electron chi connectivity index (χ4n) is 5.02. The van der Waals surface area contributed by atoms with E-state index in [1.807, 2.05) is 18.2 Å². The number of anilines is 1. The van der Waals surface area contributed by atoms with E-state index in [9.17, 15) is 19.7 Å². The van der Waals surface area contributed by atoms with Crippen molar-refractivity contribution in [3.63, 3.8) is 0 Å². The first-order valence-corrected chi connectivity index (χ1v) is 12.5. The average molecular weight is 525 g/mol. The maximum Gasteiger partial charge on any atom is 0.328 e. The van der Waals surface area contributed by atoms with Gasteiger partial charge in [0.25, 0.3) is 0 Å². The molecule has 0 bridgehead atoms.